The first kappa shape index (κ1) is 15.6. The van der Waals surface area contributed by atoms with Gasteiger partial charge < -0.3 is 15.1 Å². The van der Waals surface area contributed by atoms with Gasteiger partial charge in [-0.15, -0.1) is 0 Å². The zero-order chi connectivity index (χ0) is 14.7. The van der Waals surface area contributed by atoms with Gasteiger partial charge in [-0.3, -0.25) is 0 Å². The highest BCUT2D eigenvalue weighted by molar-refractivity contribution is 6.31. The molecular formula is C16H26ClN3. The molecule has 4 heteroatoms. The van der Waals surface area contributed by atoms with Crippen LogP contribution in [0.4, 0.5) is 5.69 Å². The van der Waals surface area contributed by atoms with Gasteiger partial charge in [0.2, 0.25) is 0 Å². The summed E-state index contributed by atoms with van der Waals surface area (Å²) in [6, 6.07) is 7.23. The van der Waals surface area contributed by atoms with E-state index < -0.39 is 0 Å². The highest BCUT2D eigenvalue weighted by Gasteiger charge is 2.24. The van der Waals surface area contributed by atoms with Crippen LogP contribution in [0, 0.1) is 0 Å². The lowest BCUT2D eigenvalue weighted by Gasteiger charge is -2.41. The monoisotopic (exact) mass is 295 g/mol. The van der Waals surface area contributed by atoms with Crippen molar-refractivity contribution in [2.75, 3.05) is 31.6 Å². The van der Waals surface area contributed by atoms with Crippen molar-refractivity contribution in [2.45, 2.75) is 39.4 Å². The average Bonchev–Trinajstić information content (AvgIpc) is 2.37. The van der Waals surface area contributed by atoms with Crippen LogP contribution in [-0.2, 0) is 6.54 Å². The topological polar surface area (TPSA) is 18.5 Å². The molecule has 1 saturated heterocycles. The van der Waals surface area contributed by atoms with Crippen LogP contribution in [0.2, 0.25) is 5.02 Å². The molecule has 112 valence electrons. The number of hydrogen-bond donors (Lipinski definition) is 1. The third-order valence-corrected chi connectivity index (χ3v) is 4.28. The molecule has 0 aliphatic carbocycles. The molecule has 1 N–H and O–H groups in total. The molecule has 3 nitrogen and oxygen atoms in total. The number of piperazine rings is 1. The predicted molar refractivity (Wildman–Crippen MR) is 87.7 cm³/mol. The SMILES string of the molecule is CC(C)NCc1c(Cl)cccc1N1CCN(C)CC1C. The minimum atomic E-state index is 0.462. The van der Waals surface area contributed by atoms with Crippen LogP contribution in [0.5, 0.6) is 0 Å². The van der Waals surface area contributed by atoms with E-state index in [9.17, 15) is 0 Å². The second kappa shape index (κ2) is 6.79. The second-order valence-electron chi connectivity index (χ2n) is 6.08. The van der Waals surface area contributed by atoms with Gasteiger partial charge in [-0.2, -0.15) is 0 Å². The first-order valence-corrected chi connectivity index (χ1v) is 7.82. The Bertz CT molecular complexity index is 447. The first-order valence-electron chi connectivity index (χ1n) is 7.45. The van der Waals surface area contributed by atoms with Crippen LogP contribution in [0.3, 0.4) is 0 Å². The minimum Gasteiger partial charge on any atom is -0.366 e. The van der Waals surface area contributed by atoms with Gasteiger partial charge in [-0.05, 0) is 26.1 Å². The average molecular weight is 296 g/mol. The quantitative estimate of drug-likeness (QED) is 0.921. The van der Waals surface area contributed by atoms with Crippen LogP contribution >= 0.6 is 11.6 Å². The van der Waals surface area contributed by atoms with E-state index in [2.05, 4.69) is 55.1 Å². The van der Waals surface area contributed by atoms with Crippen LogP contribution < -0.4 is 10.2 Å². The molecule has 1 aromatic carbocycles. The fraction of sp³-hybridized carbons (Fsp3) is 0.625. The minimum absolute atomic E-state index is 0.462. The Morgan fingerprint density at radius 2 is 2.10 bits per heavy atom. The molecule has 20 heavy (non-hydrogen) atoms. The summed E-state index contributed by atoms with van der Waals surface area (Å²) in [5, 5.41) is 4.35. The van der Waals surface area contributed by atoms with Crippen molar-refractivity contribution in [3.63, 3.8) is 0 Å². The zero-order valence-corrected chi connectivity index (χ0v) is 13.7. The van der Waals surface area contributed by atoms with E-state index in [-0.39, 0.29) is 0 Å². The van der Waals surface area contributed by atoms with E-state index >= 15 is 0 Å². The maximum absolute atomic E-state index is 6.43. The van der Waals surface area contributed by atoms with E-state index in [4.69, 9.17) is 11.6 Å². The Labute approximate surface area is 127 Å². The lowest BCUT2D eigenvalue weighted by molar-refractivity contribution is 0.275. The zero-order valence-electron chi connectivity index (χ0n) is 13.0. The molecule has 0 aromatic heterocycles. The van der Waals surface area contributed by atoms with Crippen LogP contribution in [0.25, 0.3) is 0 Å². The van der Waals surface area contributed by atoms with E-state index in [1.165, 1.54) is 11.3 Å². The number of halogens is 1. The third-order valence-electron chi connectivity index (χ3n) is 3.92. The van der Waals surface area contributed by atoms with E-state index in [1.807, 2.05) is 6.07 Å². The summed E-state index contributed by atoms with van der Waals surface area (Å²) in [5.41, 5.74) is 2.51. The number of likely N-dealkylation sites (N-methyl/N-ethyl adjacent to an activating group) is 1. The molecule has 1 heterocycles. The normalized spacial score (nSPS) is 20.7. The third kappa shape index (κ3) is 3.66. The fourth-order valence-corrected chi connectivity index (χ4v) is 3.03. The first-order chi connectivity index (χ1) is 9.49. The largest absolute Gasteiger partial charge is 0.366 e. The molecule has 1 unspecified atom stereocenters. The fourth-order valence-electron chi connectivity index (χ4n) is 2.80. The van der Waals surface area contributed by atoms with Gasteiger partial charge in [-0.25, -0.2) is 0 Å². The summed E-state index contributed by atoms with van der Waals surface area (Å²) in [5.74, 6) is 0. The second-order valence-corrected chi connectivity index (χ2v) is 6.48. The van der Waals surface area contributed by atoms with Gasteiger partial charge in [0.05, 0.1) is 0 Å². The molecule has 1 aliphatic rings. The Balaban J connectivity index is 2.24. The molecular weight excluding hydrogens is 270 g/mol. The lowest BCUT2D eigenvalue weighted by Crippen LogP contribution is -2.51. The van der Waals surface area contributed by atoms with Gasteiger partial charge in [0.1, 0.15) is 0 Å². The molecule has 1 fully saturated rings. The standard InChI is InChI=1S/C16H26ClN3/c1-12(2)18-10-14-15(17)6-5-7-16(14)20-9-8-19(4)11-13(20)3/h5-7,12-13,18H,8-11H2,1-4H3. The van der Waals surface area contributed by atoms with Crippen molar-refractivity contribution in [3.8, 4) is 0 Å². The van der Waals surface area contributed by atoms with Crippen molar-refractivity contribution in [2.24, 2.45) is 0 Å². The number of anilines is 1. The Morgan fingerprint density at radius 1 is 1.35 bits per heavy atom. The van der Waals surface area contributed by atoms with E-state index in [0.717, 1.165) is 31.2 Å². The highest BCUT2D eigenvalue weighted by Crippen LogP contribution is 2.30. The molecule has 1 atom stereocenters. The van der Waals surface area contributed by atoms with Crippen molar-refractivity contribution < 1.29 is 0 Å². The smallest absolute Gasteiger partial charge is 0.0471 e. The van der Waals surface area contributed by atoms with Crippen LogP contribution in [-0.4, -0.2) is 43.7 Å². The van der Waals surface area contributed by atoms with Gasteiger partial charge in [0.15, 0.2) is 0 Å². The van der Waals surface area contributed by atoms with Gasteiger partial charge in [0.25, 0.3) is 0 Å². The van der Waals surface area contributed by atoms with Gasteiger partial charge in [-0.1, -0.05) is 31.5 Å². The molecule has 0 radical (unpaired) electrons. The summed E-state index contributed by atoms with van der Waals surface area (Å²) in [6.45, 7) is 10.7. The van der Waals surface area contributed by atoms with E-state index in [0.29, 0.717) is 12.1 Å². The van der Waals surface area contributed by atoms with Gasteiger partial charge >= 0.3 is 0 Å². The number of rotatable bonds is 4. The summed E-state index contributed by atoms with van der Waals surface area (Å²) in [4.78, 5) is 4.88. The van der Waals surface area contributed by atoms with E-state index in [1.54, 1.807) is 0 Å². The molecule has 0 saturated carbocycles. The summed E-state index contributed by atoms with van der Waals surface area (Å²) in [7, 11) is 2.19. The molecule has 2 rings (SSSR count). The number of benzene rings is 1. The molecule has 0 spiro atoms. The lowest BCUT2D eigenvalue weighted by atomic mass is 10.1. The van der Waals surface area contributed by atoms with Crippen LogP contribution in [0.1, 0.15) is 26.3 Å². The summed E-state index contributed by atoms with van der Waals surface area (Å²) >= 11 is 6.43. The van der Waals surface area contributed by atoms with Crippen molar-refractivity contribution >= 4 is 17.3 Å². The predicted octanol–water partition coefficient (Wildman–Crippen LogP) is 2.98. The number of hydrogen-bond acceptors (Lipinski definition) is 3. The summed E-state index contributed by atoms with van der Waals surface area (Å²) in [6.07, 6.45) is 0. The molecule has 0 amide bonds. The maximum Gasteiger partial charge on any atom is 0.0471 e. The summed E-state index contributed by atoms with van der Waals surface area (Å²) < 4.78 is 0. The van der Waals surface area contributed by atoms with Gasteiger partial charge in [0, 0.05) is 54.5 Å². The Kier molecular flexibility index (Phi) is 5.30. The Morgan fingerprint density at radius 3 is 2.75 bits per heavy atom. The Hall–Kier alpha value is -0.770. The molecule has 1 aromatic rings. The molecule has 0 bridgehead atoms. The maximum atomic E-state index is 6.43. The molecule has 1 aliphatic heterocycles. The van der Waals surface area contributed by atoms with Crippen molar-refractivity contribution in [1.82, 2.24) is 10.2 Å². The number of nitrogens with one attached hydrogen (secondary N) is 1. The van der Waals surface area contributed by atoms with Crippen molar-refractivity contribution in [1.29, 1.82) is 0 Å². The van der Waals surface area contributed by atoms with Crippen molar-refractivity contribution in [3.05, 3.63) is 28.8 Å². The number of nitrogens with zero attached hydrogens (tertiary/aromatic N) is 2. The van der Waals surface area contributed by atoms with Crippen LogP contribution in [0.15, 0.2) is 18.2 Å². The highest BCUT2D eigenvalue weighted by atomic mass is 35.5.